The molecule has 6 heteroatoms. The van der Waals surface area contributed by atoms with Gasteiger partial charge >= 0.3 is 0 Å². The zero-order valence-electron chi connectivity index (χ0n) is 14.5. The van der Waals surface area contributed by atoms with Crippen molar-refractivity contribution in [2.24, 2.45) is 4.99 Å². The quantitative estimate of drug-likeness (QED) is 0.720. The molecule has 1 aliphatic carbocycles. The monoisotopic (exact) mass is 377 g/mol. The molecular formula is C19H24FN3S2. The van der Waals surface area contributed by atoms with E-state index in [2.05, 4.69) is 16.6 Å². The molecule has 2 aromatic rings. The first-order valence-electron chi connectivity index (χ1n) is 9.01. The fourth-order valence-corrected chi connectivity index (χ4v) is 5.28. The van der Waals surface area contributed by atoms with Crippen molar-refractivity contribution in [3.8, 4) is 0 Å². The van der Waals surface area contributed by atoms with Gasteiger partial charge in [-0.2, -0.15) is 11.8 Å². The molecule has 1 aromatic carbocycles. The Morgan fingerprint density at radius 1 is 1.32 bits per heavy atom. The van der Waals surface area contributed by atoms with Crippen molar-refractivity contribution in [1.29, 1.82) is 0 Å². The molecule has 2 aliphatic rings. The average molecular weight is 378 g/mol. The van der Waals surface area contributed by atoms with Crippen LogP contribution in [0.3, 0.4) is 0 Å². The molecule has 0 spiro atoms. The van der Waals surface area contributed by atoms with Gasteiger partial charge in [0, 0.05) is 17.2 Å². The highest BCUT2D eigenvalue weighted by Crippen LogP contribution is 2.32. The Bertz CT molecular complexity index is 780. The number of rotatable bonds is 6. The van der Waals surface area contributed by atoms with Gasteiger partial charge in [-0.05, 0) is 49.5 Å². The van der Waals surface area contributed by atoms with Crippen LogP contribution in [0.15, 0.2) is 23.2 Å². The first-order chi connectivity index (χ1) is 12.2. The molecule has 1 unspecified atom stereocenters. The van der Waals surface area contributed by atoms with Gasteiger partial charge in [-0.3, -0.25) is 4.99 Å². The van der Waals surface area contributed by atoms with E-state index in [1.54, 1.807) is 12.1 Å². The second-order valence-electron chi connectivity index (χ2n) is 6.91. The number of hydrogen-bond acceptors (Lipinski definition) is 4. The number of nitrogens with one attached hydrogen (secondary N) is 2. The molecule has 1 aromatic heterocycles. The van der Waals surface area contributed by atoms with E-state index >= 15 is 0 Å². The maximum Gasteiger partial charge on any atom is 0.126 e. The number of fused-ring (bicyclic) bond motifs is 1. The van der Waals surface area contributed by atoms with Crippen molar-refractivity contribution in [3.63, 3.8) is 0 Å². The van der Waals surface area contributed by atoms with Gasteiger partial charge in [-0.15, -0.1) is 11.8 Å². The first kappa shape index (κ1) is 17.3. The molecule has 134 valence electrons. The minimum absolute atomic E-state index is 0.183. The zero-order chi connectivity index (χ0) is 17.2. The highest BCUT2D eigenvalue weighted by atomic mass is 32.2. The van der Waals surface area contributed by atoms with Crippen LogP contribution in [0.2, 0.25) is 0 Å². The molecule has 1 fully saturated rings. The second-order valence-corrected chi connectivity index (χ2v) is 8.90. The van der Waals surface area contributed by atoms with Gasteiger partial charge < -0.3 is 10.3 Å². The van der Waals surface area contributed by atoms with Crippen LogP contribution in [0, 0.1) is 5.82 Å². The van der Waals surface area contributed by atoms with Gasteiger partial charge in [0.25, 0.3) is 0 Å². The highest BCUT2D eigenvalue weighted by Gasteiger charge is 2.22. The fourth-order valence-electron chi connectivity index (χ4n) is 3.69. The van der Waals surface area contributed by atoms with Crippen LogP contribution in [-0.2, 0) is 0 Å². The lowest BCUT2D eigenvalue weighted by molar-refractivity contribution is 0.629. The predicted molar refractivity (Wildman–Crippen MR) is 110 cm³/mol. The summed E-state index contributed by atoms with van der Waals surface area (Å²) in [4.78, 5) is 8.37. The van der Waals surface area contributed by atoms with Crippen molar-refractivity contribution in [1.82, 2.24) is 4.98 Å². The van der Waals surface area contributed by atoms with E-state index in [-0.39, 0.29) is 5.82 Å². The second kappa shape index (κ2) is 7.62. The maximum absolute atomic E-state index is 14.1. The van der Waals surface area contributed by atoms with Crippen molar-refractivity contribution >= 4 is 45.2 Å². The van der Waals surface area contributed by atoms with Crippen molar-refractivity contribution in [2.45, 2.75) is 44.2 Å². The molecule has 0 bridgehead atoms. The van der Waals surface area contributed by atoms with Gasteiger partial charge in [0.1, 0.15) is 10.9 Å². The van der Waals surface area contributed by atoms with E-state index in [1.807, 2.05) is 29.6 Å². The highest BCUT2D eigenvalue weighted by molar-refractivity contribution is 8.14. The van der Waals surface area contributed by atoms with Gasteiger partial charge in [0.15, 0.2) is 0 Å². The van der Waals surface area contributed by atoms with Crippen LogP contribution in [0.25, 0.3) is 10.9 Å². The number of benzene rings is 1. The average Bonchev–Trinajstić information content (AvgIpc) is 3.32. The lowest BCUT2D eigenvalue weighted by Gasteiger charge is -2.14. The molecule has 1 atom stereocenters. The minimum atomic E-state index is -0.183. The lowest BCUT2D eigenvalue weighted by Crippen LogP contribution is -2.14. The van der Waals surface area contributed by atoms with Crippen molar-refractivity contribution < 1.29 is 4.39 Å². The van der Waals surface area contributed by atoms with Crippen LogP contribution >= 0.6 is 23.5 Å². The molecule has 2 N–H and O–H groups in total. The number of aromatic nitrogens is 1. The summed E-state index contributed by atoms with van der Waals surface area (Å²) in [7, 11) is 0. The predicted octanol–water partition coefficient (Wildman–Crippen LogP) is 5.28. The standard InChI is InChI=1S/C19H24FN3S2/c1-24-7-6-15-11-25-19(22-15)17-9-12-8-13(20)10-16(18(12)23-17)21-14-4-2-3-5-14/h8-10,14-15,21,23H,2-7,11H2,1H3. The Kier molecular flexibility index (Phi) is 5.27. The van der Waals surface area contributed by atoms with Crippen molar-refractivity contribution in [2.75, 3.05) is 23.1 Å². The summed E-state index contributed by atoms with van der Waals surface area (Å²) < 4.78 is 14.1. The van der Waals surface area contributed by atoms with Crippen LogP contribution < -0.4 is 5.32 Å². The number of anilines is 1. The van der Waals surface area contributed by atoms with Gasteiger partial charge in [0.2, 0.25) is 0 Å². The minimum Gasteiger partial charge on any atom is -0.381 e. The molecule has 1 saturated carbocycles. The lowest BCUT2D eigenvalue weighted by atomic mass is 10.2. The Morgan fingerprint density at radius 2 is 2.16 bits per heavy atom. The third-order valence-corrected chi connectivity index (χ3v) is 6.80. The third-order valence-electron chi connectivity index (χ3n) is 5.01. The van der Waals surface area contributed by atoms with Gasteiger partial charge in [-0.1, -0.05) is 12.8 Å². The summed E-state index contributed by atoms with van der Waals surface area (Å²) in [5.74, 6) is 2.01. The van der Waals surface area contributed by atoms with E-state index in [9.17, 15) is 4.39 Å². The number of thioether (sulfide) groups is 2. The van der Waals surface area contributed by atoms with E-state index in [1.165, 1.54) is 25.7 Å². The van der Waals surface area contributed by atoms with E-state index in [0.717, 1.165) is 45.3 Å². The summed E-state index contributed by atoms with van der Waals surface area (Å²) in [5, 5.41) is 5.53. The van der Waals surface area contributed by atoms with Crippen LogP contribution in [0.1, 0.15) is 37.8 Å². The summed E-state index contributed by atoms with van der Waals surface area (Å²) >= 11 is 3.68. The summed E-state index contributed by atoms with van der Waals surface area (Å²) in [5.41, 5.74) is 2.90. The van der Waals surface area contributed by atoms with E-state index in [0.29, 0.717) is 12.1 Å². The van der Waals surface area contributed by atoms with Crippen LogP contribution in [0.5, 0.6) is 0 Å². The smallest absolute Gasteiger partial charge is 0.126 e. The maximum atomic E-state index is 14.1. The molecule has 2 heterocycles. The molecule has 3 nitrogen and oxygen atoms in total. The van der Waals surface area contributed by atoms with Gasteiger partial charge in [-0.25, -0.2) is 4.39 Å². The zero-order valence-corrected chi connectivity index (χ0v) is 16.1. The van der Waals surface area contributed by atoms with E-state index in [4.69, 9.17) is 4.99 Å². The first-order valence-corrected chi connectivity index (χ1v) is 11.4. The topological polar surface area (TPSA) is 40.2 Å². The number of nitrogens with zero attached hydrogens (tertiary/aromatic N) is 1. The number of aromatic amines is 1. The molecule has 0 radical (unpaired) electrons. The Labute approximate surface area is 156 Å². The number of aliphatic imine (C=N–C) groups is 1. The molecule has 0 amide bonds. The van der Waals surface area contributed by atoms with E-state index < -0.39 is 0 Å². The Hall–Kier alpha value is -1.14. The van der Waals surface area contributed by atoms with Gasteiger partial charge in [0.05, 0.1) is 22.9 Å². The molecule has 25 heavy (non-hydrogen) atoms. The summed E-state index contributed by atoms with van der Waals surface area (Å²) in [6, 6.07) is 6.14. The Balaban J connectivity index is 1.61. The van der Waals surface area contributed by atoms with Crippen molar-refractivity contribution in [3.05, 3.63) is 29.7 Å². The molecular weight excluding hydrogens is 353 g/mol. The number of halogens is 1. The molecule has 4 rings (SSSR count). The fraction of sp³-hybridized carbons (Fsp3) is 0.526. The number of H-pyrrole nitrogens is 1. The molecule has 0 saturated heterocycles. The summed E-state index contributed by atoms with van der Waals surface area (Å²) in [6.07, 6.45) is 8.13. The summed E-state index contributed by atoms with van der Waals surface area (Å²) in [6.45, 7) is 0. The third kappa shape index (κ3) is 3.85. The largest absolute Gasteiger partial charge is 0.381 e. The SMILES string of the molecule is CSCCC1CSC(c2cc3cc(F)cc(NC4CCCC4)c3[nH]2)=N1. The van der Waals surface area contributed by atoms with Crippen LogP contribution in [-0.4, -0.2) is 39.9 Å². The normalized spacial score (nSPS) is 21.2. The molecule has 1 aliphatic heterocycles. The Morgan fingerprint density at radius 3 is 2.96 bits per heavy atom. The number of hydrogen-bond donors (Lipinski definition) is 2. The van der Waals surface area contributed by atoms with Crippen LogP contribution in [0.4, 0.5) is 10.1 Å².